The maximum atomic E-state index is 3.34. The van der Waals surface area contributed by atoms with Gasteiger partial charge >= 0.3 is 0 Å². The van der Waals surface area contributed by atoms with Crippen molar-refractivity contribution in [1.82, 2.24) is 5.32 Å². The molecule has 2 heterocycles. The van der Waals surface area contributed by atoms with Crippen molar-refractivity contribution in [3.05, 3.63) is 6.54 Å². The number of rotatable bonds is 0. The van der Waals surface area contributed by atoms with E-state index in [2.05, 4.69) is 23.6 Å². The van der Waals surface area contributed by atoms with Crippen molar-refractivity contribution in [2.75, 3.05) is 18.1 Å². The highest BCUT2D eigenvalue weighted by Crippen LogP contribution is 2.41. The molecule has 1 nitrogen and oxygen atoms in total. The van der Waals surface area contributed by atoms with E-state index in [9.17, 15) is 0 Å². The van der Waals surface area contributed by atoms with E-state index in [4.69, 9.17) is 0 Å². The lowest BCUT2D eigenvalue weighted by Gasteiger charge is -2.31. The fourth-order valence-electron chi connectivity index (χ4n) is 1.87. The number of hydrogen-bond donors (Lipinski definition) is 1. The summed E-state index contributed by atoms with van der Waals surface area (Å²) in [4.78, 5) is 0. The zero-order chi connectivity index (χ0) is 6.86. The van der Waals surface area contributed by atoms with Crippen molar-refractivity contribution in [2.45, 2.75) is 19.3 Å². The van der Waals surface area contributed by atoms with Crippen LogP contribution in [0.1, 0.15) is 19.3 Å². The quantitative estimate of drug-likeness (QED) is 0.572. The smallest absolute Gasteiger partial charge is 0.0291 e. The minimum atomic E-state index is 0.600. The molecule has 2 heteroatoms. The summed E-state index contributed by atoms with van der Waals surface area (Å²) < 4.78 is 0. The molecule has 0 aromatic heterocycles. The zero-order valence-electron chi connectivity index (χ0n) is 6.23. The maximum absolute atomic E-state index is 3.34. The first-order chi connectivity index (χ1) is 4.91. The third kappa shape index (κ3) is 1.19. The summed E-state index contributed by atoms with van der Waals surface area (Å²) in [6.07, 6.45) is 4.22. The molecule has 0 bridgehead atoms. The molecular weight excluding hydrogens is 142 g/mol. The highest BCUT2D eigenvalue weighted by atomic mass is 32.2. The lowest BCUT2D eigenvalue weighted by atomic mass is 9.84. The Morgan fingerprint density at radius 1 is 1.40 bits per heavy atom. The van der Waals surface area contributed by atoms with Crippen LogP contribution in [0.25, 0.3) is 0 Å². The molecular formula is C8H14NS. The average Bonchev–Trinajstić information content (AvgIpc) is 2.39. The van der Waals surface area contributed by atoms with Gasteiger partial charge in [-0.15, -0.1) is 0 Å². The third-order valence-electron chi connectivity index (χ3n) is 2.53. The maximum Gasteiger partial charge on any atom is 0.0291 e. The molecule has 10 heavy (non-hydrogen) atoms. The Balaban J connectivity index is 1.98. The van der Waals surface area contributed by atoms with Crippen LogP contribution in [0.5, 0.6) is 0 Å². The van der Waals surface area contributed by atoms with Crippen LogP contribution < -0.4 is 5.32 Å². The van der Waals surface area contributed by atoms with E-state index < -0.39 is 0 Å². The van der Waals surface area contributed by atoms with Gasteiger partial charge in [0.05, 0.1) is 0 Å². The second-order valence-electron chi connectivity index (χ2n) is 3.37. The van der Waals surface area contributed by atoms with Crippen LogP contribution in [0.3, 0.4) is 0 Å². The van der Waals surface area contributed by atoms with Gasteiger partial charge in [0.1, 0.15) is 0 Å². The molecule has 2 rings (SSSR count). The van der Waals surface area contributed by atoms with E-state index in [1.807, 2.05) is 0 Å². The summed E-state index contributed by atoms with van der Waals surface area (Å²) in [5, 5.41) is 3.34. The fraction of sp³-hybridized carbons (Fsp3) is 0.875. The van der Waals surface area contributed by atoms with Gasteiger partial charge in [0, 0.05) is 12.3 Å². The largest absolute Gasteiger partial charge is 0.312 e. The molecule has 1 N–H and O–H groups in total. The first-order valence-corrected chi connectivity index (χ1v) is 5.22. The lowest BCUT2D eigenvalue weighted by Crippen LogP contribution is -2.25. The molecule has 1 atom stereocenters. The van der Waals surface area contributed by atoms with Crippen molar-refractivity contribution in [3.63, 3.8) is 0 Å². The highest BCUT2D eigenvalue weighted by Gasteiger charge is 2.35. The molecule has 0 aliphatic carbocycles. The molecule has 1 unspecified atom stereocenters. The van der Waals surface area contributed by atoms with Crippen LogP contribution in [-0.2, 0) is 0 Å². The Kier molecular flexibility index (Phi) is 1.92. The second kappa shape index (κ2) is 2.74. The Morgan fingerprint density at radius 2 is 2.40 bits per heavy atom. The van der Waals surface area contributed by atoms with Gasteiger partial charge in [0.2, 0.25) is 0 Å². The molecule has 0 saturated carbocycles. The van der Waals surface area contributed by atoms with Gasteiger partial charge in [-0.25, -0.2) is 0 Å². The van der Waals surface area contributed by atoms with Crippen LogP contribution >= 0.6 is 11.8 Å². The summed E-state index contributed by atoms with van der Waals surface area (Å²) >= 11 is 2.12. The molecule has 2 fully saturated rings. The average molecular weight is 156 g/mol. The van der Waals surface area contributed by atoms with Crippen LogP contribution in [-0.4, -0.2) is 18.1 Å². The van der Waals surface area contributed by atoms with E-state index in [1.165, 1.54) is 37.3 Å². The number of thioether (sulfide) groups is 1. The molecule has 1 spiro atoms. The van der Waals surface area contributed by atoms with Crippen molar-refractivity contribution < 1.29 is 0 Å². The summed E-state index contributed by atoms with van der Waals surface area (Å²) in [6, 6.07) is 0. The third-order valence-corrected chi connectivity index (χ3v) is 3.88. The van der Waals surface area contributed by atoms with Gasteiger partial charge in [-0.2, -0.15) is 11.8 Å². The van der Waals surface area contributed by atoms with Crippen molar-refractivity contribution in [2.24, 2.45) is 5.41 Å². The molecule has 1 radical (unpaired) electrons. The summed E-state index contributed by atoms with van der Waals surface area (Å²) in [6.45, 7) is 3.56. The first kappa shape index (κ1) is 6.99. The van der Waals surface area contributed by atoms with E-state index in [0.29, 0.717) is 5.41 Å². The molecule has 57 valence electrons. The van der Waals surface area contributed by atoms with Crippen LogP contribution in [0.4, 0.5) is 0 Å². The van der Waals surface area contributed by atoms with Gasteiger partial charge in [0.15, 0.2) is 0 Å². The standard InChI is InChI=1S/C8H14NS/c1-2-8(7-10-5-1)3-4-9-6-8/h6,9H,1-5,7H2. The predicted molar refractivity (Wildman–Crippen MR) is 45.9 cm³/mol. The lowest BCUT2D eigenvalue weighted by molar-refractivity contribution is 0.372. The summed E-state index contributed by atoms with van der Waals surface area (Å²) in [5.41, 5.74) is 0.600. The Labute approximate surface area is 67.0 Å². The number of hydrogen-bond acceptors (Lipinski definition) is 2. The van der Waals surface area contributed by atoms with Gasteiger partial charge < -0.3 is 5.32 Å². The minimum absolute atomic E-state index is 0.600. The summed E-state index contributed by atoms with van der Waals surface area (Å²) in [5.74, 6) is 2.75. The van der Waals surface area contributed by atoms with Gasteiger partial charge in [0.25, 0.3) is 0 Å². The molecule has 2 aliphatic rings. The van der Waals surface area contributed by atoms with Crippen LogP contribution in [0.15, 0.2) is 0 Å². The van der Waals surface area contributed by atoms with Crippen LogP contribution in [0, 0.1) is 12.0 Å². The first-order valence-electron chi connectivity index (χ1n) is 4.07. The Morgan fingerprint density at radius 3 is 3.00 bits per heavy atom. The van der Waals surface area contributed by atoms with Gasteiger partial charge in [-0.3, -0.25) is 0 Å². The van der Waals surface area contributed by atoms with Crippen LogP contribution in [0.2, 0.25) is 0 Å². The SMILES string of the molecule is [CH]1NCCC12CCCSC2. The highest BCUT2D eigenvalue weighted by molar-refractivity contribution is 7.99. The molecule has 0 aromatic carbocycles. The Bertz CT molecular complexity index is 110. The topological polar surface area (TPSA) is 12.0 Å². The molecule has 0 aromatic rings. The van der Waals surface area contributed by atoms with Crippen molar-refractivity contribution in [3.8, 4) is 0 Å². The molecule has 2 aliphatic heterocycles. The predicted octanol–water partition coefficient (Wildman–Crippen LogP) is 1.65. The van der Waals surface area contributed by atoms with E-state index in [0.717, 1.165) is 0 Å². The van der Waals surface area contributed by atoms with Crippen molar-refractivity contribution >= 4 is 11.8 Å². The second-order valence-corrected chi connectivity index (χ2v) is 4.47. The number of nitrogens with one attached hydrogen (secondary N) is 1. The van der Waals surface area contributed by atoms with Crippen molar-refractivity contribution in [1.29, 1.82) is 0 Å². The van der Waals surface area contributed by atoms with E-state index in [-0.39, 0.29) is 0 Å². The van der Waals surface area contributed by atoms with Gasteiger partial charge in [-0.1, -0.05) is 0 Å². The zero-order valence-corrected chi connectivity index (χ0v) is 7.04. The van der Waals surface area contributed by atoms with Gasteiger partial charge in [-0.05, 0) is 37.0 Å². The molecule has 2 saturated heterocycles. The fourth-order valence-corrected chi connectivity index (χ4v) is 3.14. The molecule has 0 amide bonds. The van der Waals surface area contributed by atoms with E-state index >= 15 is 0 Å². The summed E-state index contributed by atoms with van der Waals surface area (Å²) in [7, 11) is 0. The Hall–Kier alpha value is 0.310. The normalized spacial score (nSPS) is 40.8. The monoisotopic (exact) mass is 156 g/mol. The van der Waals surface area contributed by atoms with E-state index in [1.54, 1.807) is 0 Å². The minimum Gasteiger partial charge on any atom is -0.312 e.